The molecule has 0 bridgehead atoms. The van der Waals surface area contributed by atoms with E-state index in [9.17, 15) is 4.79 Å². The van der Waals surface area contributed by atoms with Gasteiger partial charge in [-0.25, -0.2) is 4.79 Å². The van der Waals surface area contributed by atoms with Crippen LogP contribution in [0.2, 0.25) is 0 Å². The monoisotopic (exact) mass is 321 g/mol. The van der Waals surface area contributed by atoms with Crippen LogP contribution in [0.25, 0.3) is 0 Å². The van der Waals surface area contributed by atoms with E-state index in [1.54, 1.807) is 11.3 Å². The van der Waals surface area contributed by atoms with E-state index < -0.39 is 0 Å². The molecule has 0 radical (unpaired) electrons. The van der Waals surface area contributed by atoms with E-state index in [0.29, 0.717) is 17.9 Å². The molecule has 4 nitrogen and oxygen atoms in total. The molecule has 0 aromatic carbocycles. The fourth-order valence-electron chi connectivity index (χ4n) is 3.85. The Kier molecular flexibility index (Phi) is 5.03. The van der Waals surface area contributed by atoms with Crippen molar-refractivity contribution < 1.29 is 4.79 Å². The minimum absolute atomic E-state index is 0.140. The van der Waals surface area contributed by atoms with Crippen LogP contribution >= 0.6 is 11.3 Å². The first-order valence-electron chi connectivity index (χ1n) is 8.40. The fourth-order valence-corrected chi connectivity index (χ4v) is 4.63. The fraction of sp³-hybridized carbons (Fsp3) is 0.706. The summed E-state index contributed by atoms with van der Waals surface area (Å²) in [5, 5.41) is 7.43. The number of likely N-dealkylation sites (tertiary alicyclic amines) is 2. The zero-order valence-electron chi connectivity index (χ0n) is 13.6. The lowest BCUT2D eigenvalue weighted by Crippen LogP contribution is -2.57. The topological polar surface area (TPSA) is 35.6 Å². The first-order valence-corrected chi connectivity index (χ1v) is 9.34. The molecule has 2 aliphatic heterocycles. The van der Waals surface area contributed by atoms with Gasteiger partial charge < -0.3 is 15.1 Å². The molecule has 2 fully saturated rings. The first-order chi connectivity index (χ1) is 10.6. The van der Waals surface area contributed by atoms with Crippen molar-refractivity contribution in [3.8, 4) is 0 Å². The van der Waals surface area contributed by atoms with Crippen LogP contribution in [-0.4, -0.2) is 55.1 Å². The molecule has 22 heavy (non-hydrogen) atoms. The van der Waals surface area contributed by atoms with Gasteiger partial charge in [0.1, 0.15) is 0 Å². The number of carbonyl (C=O) groups is 1. The highest BCUT2D eigenvalue weighted by Gasteiger charge is 2.37. The maximum Gasteiger partial charge on any atom is 0.317 e. The van der Waals surface area contributed by atoms with E-state index in [4.69, 9.17) is 0 Å². The van der Waals surface area contributed by atoms with E-state index >= 15 is 0 Å². The lowest BCUT2D eigenvalue weighted by molar-refractivity contribution is 0.0533. The van der Waals surface area contributed by atoms with Crippen molar-refractivity contribution in [3.05, 3.63) is 22.4 Å². The molecule has 3 rings (SSSR count). The number of rotatable bonds is 3. The molecular weight excluding hydrogens is 294 g/mol. The molecule has 1 N–H and O–H groups in total. The minimum atomic E-state index is 0.140. The molecule has 2 saturated heterocycles. The Labute approximate surface area is 137 Å². The maximum atomic E-state index is 12.6. The van der Waals surface area contributed by atoms with Gasteiger partial charge in [-0.2, -0.15) is 11.3 Å². The summed E-state index contributed by atoms with van der Waals surface area (Å²) in [5.74, 6) is 1.04. The smallest absolute Gasteiger partial charge is 0.317 e. The number of amides is 2. The highest BCUT2D eigenvalue weighted by molar-refractivity contribution is 7.07. The van der Waals surface area contributed by atoms with Crippen LogP contribution in [0.1, 0.15) is 37.7 Å². The lowest BCUT2D eigenvalue weighted by Gasteiger charge is -2.46. The molecule has 1 aromatic heterocycles. The van der Waals surface area contributed by atoms with Gasteiger partial charge in [-0.1, -0.05) is 6.92 Å². The standard InChI is InChI=1S/C17H27N3OS/c1-13(15-6-9-22-12-15)10-18-17(21)20-7-3-4-14-11-19(2)8-5-16(14)20/h6,9,12-14,16H,3-5,7-8,10-11H2,1-2H3,(H,18,21)/t13-,14+,16+/m1/s1. The zero-order chi connectivity index (χ0) is 15.5. The van der Waals surface area contributed by atoms with Crippen LogP contribution in [0.15, 0.2) is 16.8 Å². The second-order valence-electron chi connectivity index (χ2n) is 6.86. The number of carbonyl (C=O) groups excluding carboxylic acids is 1. The Morgan fingerprint density at radius 2 is 2.32 bits per heavy atom. The van der Waals surface area contributed by atoms with Gasteiger partial charge in [0.2, 0.25) is 0 Å². The summed E-state index contributed by atoms with van der Waals surface area (Å²) in [6.45, 7) is 6.07. The van der Waals surface area contributed by atoms with E-state index in [-0.39, 0.29) is 6.03 Å². The van der Waals surface area contributed by atoms with Crippen molar-refractivity contribution in [1.29, 1.82) is 0 Å². The van der Waals surface area contributed by atoms with Crippen molar-refractivity contribution in [2.45, 2.75) is 38.1 Å². The summed E-state index contributed by atoms with van der Waals surface area (Å²) in [6, 6.07) is 2.73. The molecule has 2 aliphatic rings. The number of piperidine rings is 2. The summed E-state index contributed by atoms with van der Waals surface area (Å²) in [7, 11) is 2.19. The summed E-state index contributed by atoms with van der Waals surface area (Å²) in [4.78, 5) is 17.1. The number of nitrogens with zero attached hydrogens (tertiary/aromatic N) is 2. The summed E-state index contributed by atoms with van der Waals surface area (Å²) in [5.41, 5.74) is 1.32. The molecule has 0 spiro atoms. The number of thiophene rings is 1. The summed E-state index contributed by atoms with van der Waals surface area (Å²) in [6.07, 6.45) is 3.53. The largest absolute Gasteiger partial charge is 0.337 e. The summed E-state index contributed by atoms with van der Waals surface area (Å²) < 4.78 is 0. The van der Waals surface area contributed by atoms with Crippen LogP contribution < -0.4 is 5.32 Å². The zero-order valence-corrected chi connectivity index (χ0v) is 14.4. The average Bonchev–Trinajstić information content (AvgIpc) is 3.05. The van der Waals surface area contributed by atoms with Crippen molar-refractivity contribution in [1.82, 2.24) is 15.1 Å². The number of fused-ring (bicyclic) bond motifs is 1. The van der Waals surface area contributed by atoms with Crippen molar-refractivity contribution >= 4 is 17.4 Å². The van der Waals surface area contributed by atoms with Gasteiger partial charge in [0.15, 0.2) is 0 Å². The Balaban J connectivity index is 1.55. The highest BCUT2D eigenvalue weighted by atomic mass is 32.1. The van der Waals surface area contributed by atoms with Crippen LogP contribution in [0.3, 0.4) is 0 Å². The lowest BCUT2D eigenvalue weighted by atomic mass is 9.84. The van der Waals surface area contributed by atoms with Gasteiger partial charge in [-0.05, 0) is 67.1 Å². The molecule has 2 amide bonds. The quantitative estimate of drug-likeness (QED) is 0.929. The molecule has 0 aliphatic carbocycles. The first kappa shape index (κ1) is 15.8. The van der Waals surface area contributed by atoms with Gasteiger partial charge in [0.05, 0.1) is 0 Å². The Morgan fingerprint density at radius 1 is 1.45 bits per heavy atom. The van der Waals surface area contributed by atoms with Crippen LogP contribution in [-0.2, 0) is 0 Å². The number of hydrogen-bond acceptors (Lipinski definition) is 3. The maximum absolute atomic E-state index is 12.6. The van der Waals surface area contributed by atoms with Gasteiger partial charge in [0, 0.05) is 25.7 Å². The predicted molar refractivity (Wildman–Crippen MR) is 91.5 cm³/mol. The Morgan fingerprint density at radius 3 is 3.09 bits per heavy atom. The molecule has 0 unspecified atom stereocenters. The predicted octanol–water partition coefficient (Wildman–Crippen LogP) is 2.98. The van der Waals surface area contributed by atoms with Crippen molar-refractivity contribution in [3.63, 3.8) is 0 Å². The Hall–Kier alpha value is -1.07. The third-order valence-electron chi connectivity index (χ3n) is 5.20. The normalized spacial score (nSPS) is 27.3. The number of urea groups is 1. The highest BCUT2D eigenvalue weighted by Crippen LogP contribution is 2.30. The second kappa shape index (κ2) is 7.01. The van der Waals surface area contributed by atoms with Gasteiger partial charge in [-0.15, -0.1) is 0 Å². The van der Waals surface area contributed by atoms with Gasteiger partial charge in [0.25, 0.3) is 0 Å². The molecular formula is C17H27N3OS. The van der Waals surface area contributed by atoms with Crippen molar-refractivity contribution in [2.24, 2.45) is 5.92 Å². The molecule has 3 heterocycles. The molecule has 0 saturated carbocycles. The molecule has 5 heteroatoms. The average molecular weight is 321 g/mol. The minimum Gasteiger partial charge on any atom is -0.337 e. The van der Waals surface area contributed by atoms with E-state index in [1.807, 2.05) is 0 Å². The van der Waals surface area contributed by atoms with E-state index in [2.05, 4.69) is 45.9 Å². The van der Waals surface area contributed by atoms with Gasteiger partial charge >= 0.3 is 6.03 Å². The van der Waals surface area contributed by atoms with Crippen LogP contribution in [0.5, 0.6) is 0 Å². The van der Waals surface area contributed by atoms with E-state index in [1.165, 1.54) is 12.0 Å². The van der Waals surface area contributed by atoms with Gasteiger partial charge in [-0.3, -0.25) is 0 Å². The number of nitrogens with one attached hydrogen (secondary N) is 1. The molecule has 122 valence electrons. The SMILES string of the molecule is C[C@H](CNC(=O)N1CCC[C@H]2CN(C)CC[C@@H]21)c1ccsc1. The van der Waals surface area contributed by atoms with E-state index in [0.717, 1.165) is 39.0 Å². The summed E-state index contributed by atoms with van der Waals surface area (Å²) >= 11 is 1.72. The second-order valence-corrected chi connectivity index (χ2v) is 7.64. The van der Waals surface area contributed by atoms with Crippen LogP contribution in [0, 0.1) is 5.92 Å². The molecule has 1 aromatic rings. The third kappa shape index (κ3) is 3.46. The number of hydrogen-bond donors (Lipinski definition) is 1. The van der Waals surface area contributed by atoms with Crippen LogP contribution in [0.4, 0.5) is 4.79 Å². The molecule has 3 atom stereocenters. The Bertz CT molecular complexity index is 490. The van der Waals surface area contributed by atoms with Crippen molar-refractivity contribution in [2.75, 3.05) is 33.2 Å². The third-order valence-corrected chi connectivity index (χ3v) is 5.91.